The van der Waals surface area contributed by atoms with Crippen molar-refractivity contribution in [3.05, 3.63) is 10.8 Å². The van der Waals surface area contributed by atoms with Gasteiger partial charge in [0, 0.05) is 6.54 Å². The normalized spacial score (nSPS) is 23.7. The van der Waals surface area contributed by atoms with Gasteiger partial charge in [-0.1, -0.05) is 13.3 Å². The van der Waals surface area contributed by atoms with Crippen LogP contribution < -0.4 is 10.1 Å². The number of nitrogens with one attached hydrogen (secondary N) is 1. The largest absolute Gasteiger partial charge is 0.473 e. The maximum atomic E-state index is 6.05. The quantitative estimate of drug-likeness (QED) is 0.922. The van der Waals surface area contributed by atoms with Crippen molar-refractivity contribution in [2.75, 3.05) is 11.9 Å². The van der Waals surface area contributed by atoms with Crippen LogP contribution in [0.25, 0.3) is 0 Å². The maximum Gasteiger partial charge on any atom is 0.233 e. The molecule has 1 heterocycles. The average Bonchev–Trinajstić information content (AvgIpc) is 2.37. The first-order valence-corrected chi connectivity index (χ1v) is 7.42. The van der Waals surface area contributed by atoms with Crippen LogP contribution in [0, 0.1) is 5.92 Å². The van der Waals surface area contributed by atoms with Crippen molar-refractivity contribution in [2.45, 2.75) is 45.6 Å². The number of anilines is 1. The van der Waals surface area contributed by atoms with Gasteiger partial charge in [0.25, 0.3) is 0 Å². The van der Waals surface area contributed by atoms with Gasteiger partial charge in [0.15, 0.2) is 0 Å². The second-order valence-electron chi connectivity index (χ2n) is 4.79. The summed E-state index contributed by atoms with van der Waals surface area (Å²) in [5.41, 5.74) is 0. The zero-order valence-electron chi connectivity index (χ0n) is 10.9. The fourth-order valence-corrected chi connectivity index (χ4v) is 2.77. The summed E-state index contributed by atoms with van der Waals surface area (Å²) in [6.45, 7) is 5.12. The van der Waals surface area contributed by atoms with E-state index in [1.165, 1.54) is 19.3 Å². The number of aromatic nitrogens is 2. The van der Waals surface area contributed by atoms with Gasteiger partial charge in [-0.25, -0.2) is 9.97 Å². The molecule has 0 saturated heterocycles. The highest BCUT2D eigenvalue weighted by Crippen LogP contribution is 2.33. The molecule has 0 aliphatic heterocycles. The highest BCUT2D eigenvalue weighted by atomic mass is 79.9. The number of halogens is 1. The fourth-order valence-electron chi connectivity index (χ4n) is 2.33. The van der Waals surface area contributed by atoms with Gasteiger partial charge in [0.2, 0.25) is 5.88 Å². The van der Waals surface area contributed by atoms with Crippen LogP contribution in [0.3, 0.4) is 0 Å². The van der Waals surface area contributed by atoms with E-state index >= 15 is 0 Å². The predicted molar refractivity (Wildman–Crippen MR) is 75.9 cm³/mol. The Balaban J connectivity index is 2.10. The second kappa shape index (κ2) is 6.36. The molecule has 2 rings (SSSR count). The molecule has 1 saturated carbocycles. The highest BCUT2D eigenvalue weighted by Gasteiger charge is 2.24. The zero-order chi connectivity index (χ0) is 13.0. The molecule has 0 radical (unpaired) electrons. The summed E-state index contributed by atoms with van der Waals surface area (Å²) in [5, 5.41) is 3.19. The van der Waals surface area contributed by atoms with E-state index in [4.69, 9.17) is 4.74 Å². The molecule has 1 aliphatic carbocycles. The van der Waals surface area contributed by atoms with Crippen LogP contribution in [0.1, 0.15) is 39.5 Å². The van der Waals surface area contributed by atoms with Crippen LogP contribution in [0.15, 0.2) is 10.8 Å². The number of ether oxygens (including phenoxy) is 1. The van der Waals surface area contributed by atoms with Gasteiger partial charge in [-0.05, 0) is 48.0 Å². The molecule has 1 aromatic rings. The van der Waals surface area contributed by atoms with Crippen LogP contribution in [0.5, 0.6) is 5.88 Å². The lowest BCUT2D eigenvalue weighted by atomic mass is 9.88. The van der Waals surface area contributed by atoms with Crippen LogP contribution in [0.2, 0.25) is 0 Å². The summed E-state index contributed by atoms with van der Waals surface area (Å²) < 4.78 is 6.87. The first-order valence-electron chi connectivity index (χ1n) is 6.63. The number of hydrogen-bond donors (Lipinski definition) is 1. The summed E-state index contributed by atoms with van der Waals surface area (Å²) in [4.78, 5) is 8.42. The van der Waals surface area contributed by atoms with E-state index in [2.05, 4.69) is 38.1 Å². The molecule has 2 atom stereocenters. The predicted octanol–water partition coefficient (Wildman–Crippen LogP) is 3.63. The molecular formula is C13H20BrN3O. The molecule has 2 unspecified atom stereocenters. The van der Waals surface area contributed by atoms with Crippen LogP contribution in [-0.2, 0) is 0 Å². The van der Waals surface area contributed by atoms with Crippen molar-refractivity contribution in [3.63, 3.8) is 0 Å². The van der Waals surface area contributed by atoms with E-state index in [9.17, 15) is 0 Å². The third kappa shape index (κ3) is 3.13. The SMILES string of the molecule is CCNc1ncnc(OC2CCCCC2C)c1Br. The van der Waals surface area contributed by atoms with Crippen molar-refractivity contribution < 1.29 is 4.74 Å². The summed E-state index contributed by atoms with van der Waals surface area (Å²) in [6, 6.07) is 0. The molecule has 18 heavy (non-hydrogen) atoms. The Kier molecular flexibility index (Phi) is 4.80. The first-order chi connectivity index (χ1) is 8.72. The van der Waals surface area contributed by atoms with Gasteiger partial charge >= 0.3 is 0 Å². The van der Waals surface area contributed by atoms with Crippen LogP contribution in [-0.4, -0.2) is 22.6 Å². The van der Waals surface area contributed by atoms with Gasteiger partial charge in [0.1, 0.15) is 22.7 Å². The van der Waals surface area contributed by atoms with E-state index < -0.39 is 0 Å². The Labute approximate surface area is 117 Å². The Morgan fingerprint density at radius 2 is 2.17 bits per heavy atom. The third-order valence-electron chi connectivity index (χ3n) is 3.40. The third-order valence-corrected chi connectivity index (χ3v) is 4.11. The lowest BCUT2D eigenvalue weighted by Gasteiger charge is -2.29. The number of nitrogens with zero attached hydrogens (tertiary/aromatic N) is 2. The Morgan fingerprint density at radius 3 is 2.89 bits per heavy atom. The standard InChI is InChI=1S/C13H20BrN3O/c1-3-15-12-11(14)13(17-8-16-12)18-10-7-5-4-6-9(10)2/h8-10H,3-7H2,1-2H3,(H,15,16,17). The molecule has 0 spiro atoms. The minimum absolute atomic E-state index is 0.277. The molecule has 1 N–H and O–H groups in total. The zero-order valence-corrected chi connectivity index (χ0v) is 12.5. The van der Waals surface area contributed by atoms with E-state index in [1.54, 1.807) is 6.33 Å². The topological polar surface area (TPSA) is 47.0 Å². The number of hydrogen-bond acceptors (Lipinski definition) is 4. The Hall–Kier alpha value is -0.840. The van der Waals surface area contributed by atoms with Crippen LogP contribution >= 0.6 is 15.9 Å². The summed E-state index contributed by atoms with van der Waals surface area (Å²) >= 11 is 3.52. The summed E-state index contributed by atoms with van der Waals surface area (Å²) in [6.07, 6.45) is 6.75. The molecule has 100 valence electrons. The van der Waals surface area contributed by atoms with E-state index in [0.717, 1.165) is 23.3 Å². The van der Waals surface area contributed by atoms with Crippen LogP contribution in [0.4, 0.5) is 5.82 Å². The van der Waals surface area contributed by atoms with Crippen molar-refractivity contribution in [2.24, 2.45) is 5.92 Å². The van der Waals surface area contributed by atoms with E-state index in [1.807, 2.05) is 6.92 Å². The Bertz CT molecular complexity index is 400. The summed E-state index contributed by atoms with van der Waals surface area (Å²) in [5.74, 6) is 2.05. The van der Waals surface area contributed by atoms with E-state index in [0.29, 0.717) is 11.8 Å². The molecule has 0 aromatic carbocycles. The lowest BCUT2D eigenvalue weighted by molar-refractivity contribution is 0.0966. The molecule has 1 fully saturated rings. The number of rotatable bonds is 4. The minimum Gasteiger partial charge on any atom is -0.473 e. The van der Waals surface area contributed by atoms with E-state index in [-0.39, 0.29) is 6.10 Å². The van der Waals surface area contributed by atoms with Gasteiger partial charge in [-0.15, -0.1) is 0 Å². The van der Waals surface area contributed by atoms with Gasteiger partial charge in [-0.3, -0.25) is 0 Å². The first kappa shape index (κ1) is 13.6. The monoisotopic (exact) mass is 313 g/mol. The molecule has 1 aliphatic rings. The van der Waals surface area contributed by atoms with Gasteiger partial charge < -0.3 is 10.1 Å². The van der Waals surface area contributed by atoms with Gasteiger partial charge in [-0.2, -0.15) is 0 Å². The molecule has 0 amide bonds. The molecule has 0 bridgehead atoms. The Morgan fingerprint density at radius 1 is 1.39 bits per heavy atom. The molecule has 1 aromatic heterocycles. The lowest BCUT2D eigenvalue weighted by Crippen LogP contribution is -2.28. The molecule has 4 nitrogen and oxygen atoms in total. The van der Waals surface area contributed by atoms with Crippen molar-refractivity contribution in [1.82, 2.24) is 9.97 Å². The average molecular weight is 314 g/mol. The minimum atomic E-state index is 0.277. The maximum absolute atomic E-state index is 6.05. The molecular weight excluding hydrogens is 294 g/mol. The fraction of sp³-hybridized carbons (Fsp3) is 0.692. The van der Waals surface area contributed by atoms with Gasteiger partial charge in [0.05, 0.1) is 0 Å². The van der Waals surface area contributed by atoms with Crippen molar-refractivity contribution in [1.29, 1.82) is 0 Å². The smallest absolute Gasteiger partial charge is 0.233 e. The summed E-state index contributed by atoms with van der Waals surface area (Å²) in [7, 11) is 0. The second-order valence-corrected chi connectivity index (χ2v) is 5.58. The van der Waals surface area contributed by atoms with Crippen molar-refractivity contribution in [3.8, 4) is 5.88 Å². The molecule has 5 heteroatoms. The van der Waals surface area contributed by atoms with Crippen molar-refractivity contribution >= 4 is 21.7 Å². The highest BCUT2D eigenvalue weighted by molar-refractivity contribution is 9.10.